The molecular weight excluding hydrogens is 439 g/mol. The van der Waals surface area contributed by atoms with E-state index in [-0.39, 0.29) is 11.8 Å². The molecule has 0 unspecified atom stereocenters. The molecule has 0 saturated carbocycles. The van der Waals surface area contributed by atoms with Crippen molar-refractivity contribution in [3.8, 4) is 0 Å². The zero-order chi connectivity index (χ0) is 24.5. The number of aliphatic carboxylic acids is 1. The Bertz CT molecular complexity index is 839. The van der Waals surface area contributed by atoms with Crippen LogP contribution in [0.25, 0.3) is 0 Å². The fraction of sp³-hybridized carbons (Fsp3) is 0.565. The van der Waals surface area contributed by atoms with Gasteiger partial charge in [0.05, 0.1) is 23.5 Å². The van der Waals surface area contributed by atoms with E-state index in [1.807, 2.05) is 30.3 Å². The first-order chi connectivity index (χ1) is 15.6. The molecule has 1 heterocycles. The summed E-state index contributed by atoms with van der Waals surface area (Å²) in [5.41, 5.74) is 6.81. The molecule has 1 fully saturated rings. The molecule has 8 nitrogen and oxygen atoms in total. The molecule has 1 aliphatic rings. The largest absolute Gasteiger partial charge is 0.481 e. The van der Waals surface area contributed by atoms with Crippen LogP contribution >= 0.6 is 12.2 Å². The standard InChI is InChI=1S/C23H35BN4O4S/c1-14(2)11-19(24)27-22(33)17(12-15-7-4-3-5-8-15)26-21(31)18-9-6-10-28(18)23(32)16(25)13-20(29)30/h3-5,7-8,14,16-19H,6,9-13,24-25H2,1-2H3,(H,26,31)(H,27,33)(H,29,30)/t16-,17-,18-,19-/m0/s1. The lowest BCUT2D eigenvalue weighted by Crippen LogP contribution is -2.56. The second kappa shape index (κ2) is 12.7. The number of rotatable bonds is 11. The van der Waals surface area contributed by atoms with E-state index in [0.29, 0.717) is 36.7 Å². The van der Waals surface area contributed by atoms with E-state index >= 15 is 0 Å². The van der Waals surface area contributed by atoms with Crippen molar-refractivity contribution in [2.75, 3.05) is 6.54 Å². The van der Waals surface area contributed by atoms with E-state index in [1.54, 1.807) is 0 Å². The summed E-state index contributed by atoms with van der Waals surface area (Å²) in [6.45, 7) is 4.66. The summed E-state index contributed by atoms with van der Waals surface area (Å²) < 4.78 is 0. The predicted octanol–water partition coefficient (Wildman–Crippen LogP) is 0.429. The monoisotopic (exact) mass is 474 g/mol. The molecule has 0 spiro atoms. The normalized spacial score (nSPS) is 18.4. The highest BCUT2D eigenvalue weighted by Gasteiger charge is 2.37. The van der Waals surface area contributed by atoms with Gasteiger partial charge in [0, 0.05) is 6.54 Å². The first kappa shape index (κ1) is 26.8. The van der Waals surface area contributed by atoms with Gasteiger partial charge in [-0.2, -0.15) is 0 Å². The number of amides is 2. The van der Waals surface area contributed by atoms with E-state index in [1.165, 1.54) is 4.90 Å². The minimum absolute atomic E-state index is 0.159. The molecule has 0 bridgehead atoms. The van der Waals surface area contributed by atoms with E-state index in [0.717, 1.165) is 12.0 Å². The molecule has 1 aromatic carbocycles. The van der Waals surface area contributed by atoms with E-state index in [4.69, 9.17) is 23.1 Å². The number of nitrogens with one attached hydrogen (secondary N) is 2. The highest BCUT2D eigenvalue weighted by atomic mass is 32.1. The lowest BCUT2D eigenvalue weighted by atomic mass is 9.88. The maximum absolute atomic E-state index is 13.2. The van der Waals surface area contributed by atoms with Crippen LogP contribution in [-0.4, -0.2) is 71.2 Å². The van der Waals surface area contributed by atoms with Gasteiger partial charge in [-0.1, -0.05) is 56.4 Å². The molecule has 180 valence electrons. The van der Waals surface area contributed by atoms with Crippen LogP contribution in [0.5, 0.6) is 0 Å². The van der Waals surface area contributed by atoms with Crippen LogP contribution in [0.4, 0.5) is 0 Å². The van der Waals surface area contributed by atoms with Gasteiger partial charge in [0.25, 0.3) is 0 Å². The van der Waals surface area contributed by atoms with Crippen molar-refractivity contribution in [3.63, 3.8) is 0 Å². The molecule has 33 heavy (non-hydrogen) atoms. The summed E-state index contributed by atoms with van der Waals surface area (Å²) >= 11 is 5.68. The van der Waals surface area contributed by atoms with Crippen molar-refractivity contribution in [2.45, 2.75) is 70.0 Å². The van der Waals surface area contributed by atoms with Crippen molar-refractivity contribution in [2.24, 2.45) is 11.7 Å². The molecule has 4 atom stereocenters. The number of hydrogen-bond donors (Lipinski definition) is 4. The van der Waals surface area contributed by atoms with E-state index in [2.05, 4.69) is 32.3 Å². The number of nitrogens with zero attached hydrogens (tertiary/aromatic N) is 1. The average molecular weight is 474 g/mol. The number of benzene rings is 1. The zero-order valence-corrected chi connectivity index (χ0v) is 20.4. The third-order valence-corrected chi connectivity index (χ3v) is 6.08. The van der Waals surface area contributed by atoms with Crippen molar-refractivity contribution < 1.29 is 19.5 Å². The van der Waals surface area contributed by atoms with Crippen molar-refractivity contribution in [1.82, 2.24) is 15.5 Å². The Morgan fingerprint density at radius 2 is 1.91 bits per heavy atom. The van der Waals surface area contributed by atoms with Gasteiger partial charge in [0.2, 0.25) is 11.8 Å². The van der Waals surface area contributed by atoms with Gasteiger partial charge in [-0.15, -0.1) is 0 Å². The van der Waals surface area contributed by atoms with E-state index in [9.17, 15) is 14.4 Å². The Morgan fingerprint density at radius 3 is 2.52 bits per heavy atom. The number of carboxylic acids is 1. The van der Waals surface area contributed by atoms with Crippen molar-refractivity contribution >= 4 is 42.8 Å². The molecule has 2 rings (SSSR count). The van der Waals surface area contributed by atoms with Gasteiger partial charge >= 0.3 is 5.97 Å². The number of carbonyl (C=O) groups excluding carboxylic acids is 2. The molecule has 5 N–H and O–H groups in total. The summed E-state index contributed by atoms with van der Waals surface area (Å²) in [6.07, 6.45) is 2.15. The van der Waals surface area contributed by atoms with Crippen LogP contribution in [0, 0.1) is 5.92 Å². The minimum atomic E-state index is -1.17. The third kappa shape index (κ3) is 8.44. The highest BCUT2D eigenvalue weighted by molar-refractivity contribution is 7.80. The topological polar surface area (TPSA) is 125 Å². The minimum Gasteiger partial charge on any atom is -0.481 e. The van der Waals surface area contributed by atoms with Crippen LogP contribution in [0.3, 0.4) is 0 Å². The van der Waals surface area contributed by atoms with Gasteiger partial charge in [-0.05, 0) is 43.1 Å². The molecule has 1 aliphatic heterocycles. The lowest BCUT2D eigenvalue weighted by molar-refractivity contribution is -0.143. The number of nitrogens with two attached hydrogens (primary N) is 1. The quantitative estimate of drug-likeness (QED) is 0.271. The molecule has 0 aliphatic carbocycles. The second-order valence-electron chi connectivity index (χ2n) is 9.18. The zero-order valence-electron chi connectivity index (χ0n) is 19.6. The van der Waals surface area contributed by atoms with E-state index < -0.39 is 36.4 Å². The van der Waals surface area contributed by atoms with Gasteiger partial charge < -0.3 is 26.4 Å². The average Bonchev–Trinajstić information content (AvgIpc) is 3.22. The van der Waals surface area contributed by atoms with Crippen LogP contribution < -0.4 is 16.4 Å². The molecule has 0 radical (unpaired) electrons. The number of thiocarbonyl (C=S) groups is 1. The Hall–Kier alpha value is -2.46. The number of carboxylic acid groups (broad SMARTS) is 1. The SMILES string of the molecule is B[C@H](CC(C)C)NC(=S)[C@H](Cc1ccccc1)NC(=O)[C@@H]1CCCN1C(=O)[C@@H](N)CC(=O)O. The first-order valence-electron chi connectivity index (χ1n) is 11.5. The van der Waals surface area contributed by atoms with Gasteiger partial charge in [-0.25, -0.2) is 0 Å². The van der Waals surface area contributed by atoms with Gasteiger partial charge in [0.1, 0.15) is 13.9 Å². The fourth-order valence-electron chi connectivity index (χ4n) is 4.23. The third-order valence-electron chi connectivity index (χ3n) is 5.68. The second-order valence-corrected chi connectivity index (χ2v) is 9.62. The Morgan fingerprint density at radius 1 is 1.24 bits per heavy atom. The van der Waals surface area contributed by atoms with Gasteiger partial charge in [0.15, 0.2) is 0 Å². The van der Waals surface area contributed by atoms with Gasteiger partial charge in [-0.3, -0.25) is 14.4 Å². The van der Waals surface area contributed by atoms with Crippen LogP contribution in [-0.2, 0) is 20.8 Å². The van der Waals surface area contributed by atoms with Crippen LogP contribution in [0.15, 0.2) is 30.3 Å². The molecule has 2 amide bonds. The smallest absolute Gasteiger partial charge is 0.305 e. The number of likely N-dealkylation sites (tertiary alicyclic amines) is 1. The summed E-state index contributed by atoms with van der Waals surface area (Å²) in [5.74, 6) is -1.30. The van der Waals surface area contributed by atoms with Crippen LogP contribution in [0.1, 0.15) is 45.1 Å². The summed E-state index contributed by atoms with van der Waals surface area (Å²) in [5, 5.41) is 15.3. The number of hydrogen-bond acceptors (Lipinski definition) is 5. The fourth-order valence-corrected chi connectivity index (χ4v) is 4.57. The Kier molecular flexibility index (Phi) is 10.3. The maximum Gasteiger partial charge on any atom is 0.305 e. The molecule has 1 aromatic rings. The summed E-state index contributed by atoms with van der Waals surface area (Å²) in [7, 11) is 2.06. The van der Waals surface area contributed by atoms with Crippen molar-refractivity contribution in [1.29, 1.82) is 0 Å². The summed E-state index contributed by atoms with van der Waals surface area (Å²) in [6, 6.07) is 7.48. The molecule has 10 heteroatoms. The van der Waals surface area contributed by atoms with Crippen LogP contribution in [0.2, 0.25) is 0 Å². The Balaban J connectivity index is 2.13. The van der Waals surface area contributed by atoms with Crippen molar-refractivity contribution in [3.05, 3.63) is 35.9 Å². The molecule has 1 saturated heterocycles. The maximum atomic E-state index is 13.2. The molecular formula is C23H35BN4O4S. The lowest BCUT2D eigenvalue weighted by Gasteiger charge is -2.29. The Labute approximate surface area is 202 Å². The molecule has 0 aromatic heterocycles. The summed E-state index contributed by atoms with van der Waals surface area (Å²) in [4.78, 5) is 38.8. The predicted molar refractivity (Wildman–Crippen MR) is 135 cm³/mol. The number of carbonyl (C=O) groups is 3. The first-order valence-corrected chi connectivity index (χ1v) is 11.9. The highest BCUT2D eigenvalue weighted by Crippen LogP contribution is 2.19.